The molecule has 0 fully saturated rings. The van der Waals surface area contributed by atoms with Crippen LogP contribution in [0.2, 0.25) is 0 Å². The summed E-state index contributed by atoms with van der Waals surface area (Å²) in [5, 5.41) is 3.03. The molecule has 0 aliphatic carbocycles. The molecule has 0 unspecified atom stereocenters. The van der Waals surface area contributed by atoms with Crippen molar-refractivity contribution < 1.29 is 0 Å². The number of nitrogens with zero attached hydrogens (tertiary/aromatic N) is 3. The maximum Gasteiger partial charge on any atom is 0.188 e. The first-order chi connectivity index (χ1) is 8.78. The normalized spacial score (nSPS) is 10.9. The first kappa shape index (κ1) is 15.5. The Balaban J connectivity index is 0.00000180. The van der Waals surface area contributed by atoms with Crippen molar-refractivity contribution in [2.75, 3.05) is 7.05 Å². The van der Waals surface area contributed by atoms with Gasteiger partial charge >= 0.3 is 0 Å². The highest BCUT2D eigenvalue weighted by Crippen LogP contribution is 2.06. The number of hydrogen-bond acceptors (Lipinski definition) is 2. The summed E-state index contributed by atoms with van der Waals surface area (Å²) in [7, 11) is 1.66. The second-order valence-electron chi connectivity index (χ2n) is 4.01. The van der Waals surface area contributed by atoms with E-state index in [9.17, 15) is 0 Å². The minimum Gasteiger partial charge on any atom is -0.370 e. The fraction of sp³-hybridized carbons (Fsp3) is 0.231. The van der Waals surface area contributed by atoms with Gasteiger partial charge < -0.3 is 15.6 Å². The molecule has 0 saturated carbocycles. The molecule has 0 amide bonds. The van der Waals surface area contributed by atoms with E-state index < -0.39 is 0 Å². The van der Waals surface area contributed by atoms with Crippen LogP contribution in [-0.2, 0) is 13.1 Å². The lowest BCUT2D eigenvalue weighted by molar-refractivity contribution is 0.795. The number of aliphatic imine (C=N–C) groups is 1. The minimum atomic E-state index is 0. The predicted molar refractivity (Wildman–Crippen MR) is 87.6 cm³/mol. The fourth-order valence-corrected chi connectivity index (χ4v) is 1.63. The largest absolute Gasteiger partial charge is 0.370 e. The van der Waals surface area contributed by atoms with Crippen LogP contribution in [-0.4, -0.2) is 22.6 Å². The molecule has 0 bridgehead atoms. The molecular weight excluding hydrogens is 353 g/mol. The van der Waals surface area contributed by atoms with Gasteiger partial charge in [0.25, 0.3) is 0 Å². The van der Waals surface area contributed by atoms with Crippen molar-refractivity contribution in [2.45, 2.75) is 13.1 Å². The third kappa shape index (κ3) is 4.90. The summed E-state index contributed by atoms with van der Waals surface area (Å²) in [4.78, 5) is 7.86. The molecule has 3 N–H and O–H groups in total. The summed E-state index contributed by atoms with van der Waals surface area (Å²) < 4.78 is 2.04. The lowest BCUT2D eigenvalue weighted by Gasteiger charge is -2.07. The fourth-order valence-electron chi connectivity index (χ4n) is 1.63. The number of hydrogen-bond donors (Lipinski definition) is 2. The molecule has 2 aromatic rings. The third-order valence-electron chi connectivity index (χ3n) is 2.66. The first-order valence-corrected chi connectivity index (χ1v) is 5.77. The highest BCUT2D eigenvalue weighted by Gasteiger charge is 1.97. The van der Waals surface area contributed by atoms with Gasteiger partial charge in [0.2, 0.25) is 0 Å². The van der Waals surface area contributed by atoms with E-state index in [1.54, 1.807) is 13.2 Å². The van der Waals surface area contributed by atoms with Crippen LogP contribution >= 0.6 is 24.0 Å². The number of halogens is 1. The molecule has 1 heterocycles. The van der Waals surface area contributed by atoms with Crippen LogP contribution in [0.15, 0.2) is 48.0 Å². The number of aromatic nitrogens is 2. The topological polar surface area (TPSA) is 68.2 Å². The Morgan fingerprint density at radius 1 is 1.32 bits per heavy atom. The van der Waals surface area contributed by atoms with Crippen LogP contribution in [0.4, 0.5) is 0 Å². The summed E-state index contributed by atoms with van der Waals surface area (Å²) in [6, 6.07) is 8.39. The van der Waals surface area contributed by atoms with Crippen molar-refractivity contribution in [3.8, 4) is 0 Å². The van der Waals surface area contributed by atoms with Gasteiger partial charge in [-0.2, -0.15) is 0 Å². The first-order valence-electron chi connectivity index (χ1n) is 5.77. The van der Waals surface area contributed by atoms with Gasteiger partial charge in [0, 0.05) is 32.5 Å². The molecule has 0 atom stereocenters. The zero-order chi connectivity index (χ0) is 12.8. The molecule has 1 aromatic carbocycles. The number of rotatable bonds is 4. The molecule has 6 heteroatoms. The maximum absolute atomic E-state index is 5.57. The average molecular weight is 371 g/mol. The Hall–Kier alpha value is -1.57. The molecule has 0 aliphatic rings. The predicted octanol–water partition coefficient (Wildman–Crippen LogP) is 1.58. The van der Waals surface area contributed by atoms with Gasteiger partial charge in [-0.05, 0) is 11.1 Å². The molecule has 5 nitrogen and oxygen atoms in total. The smallest absolute Gasteiger partial charge is 0.188 e. The van der Waals surface area contributed by atoms with Crippen molar-refractivity contribution in [1.82, 2.24) is 14.9 Å². The zero-order valence-electron chi connectivity index (χ0n) is 10.8. The summed E-state index contributed by atoms with van der Waals surface area (Å²) in [6.07, 6.45) is 5.55. The molecule has 1 aromatic heterocycles. The van der Waals surface area contributed by atoms with Crippen molar-refractivity contribution in [3.63, 3.8) is 0 Å². The van der Waals surface area contributed by atoms with Crippen molar-refractivity contribution >= 4 is 29.9 Å². The number of guanidine groups is 1. The zero-order valence-corrected chi connectivity index (χ0v) is 13.1. The van der Waals surface area contributed by atoms with E-state index in [4.69, 9.17) is 5.73 Å². The Kier molecular flexibility index (Phi) is 6.34. The van der Waals surface area contributed by atoms with E-state index in [1.807, 2.05) is 17.1 Å². The molecule has 0 spiro atoms. The lowest BCUT2D eigenvalue weighted by atomic mass is 10.1. The van der Waals surface area contributed by atoms with Gasteiger partial charge in [-0.3, -0.25) is 4.99 Å². The van der Waals surface area contributed by atoms with Gasteiger partial charge in [0.05, 0.1) is 6.33 Å². The van der Waals surface area contributed by atoms with Crippen molar-refractivity contribution in [1.29, 1.82) is 0 Å². The Morgan fingerprint density at radius 2 is 2.00 bits per heavy atom. The summed E-state index contributed by atoms with van der Waals surface area (Å²) in [5.41, 5.74) is 7.99. The van der Waals surface area contributed by atoms with E-state index in [0.717, 1.165) is 6.54 Å². The Labute approximate surface area is 130 Å². The Bertz CT molecular complexity index is 504. The number of nitrogens with two attached hydrogens (primary N) is 1. The molecule has 19 heavy (non-hydrogen) atoms. The van der Waals surface area contributed by atoms with Crippen LogP contribution in [0, 0.1) is 0 Å². The highest BCUT2D eigenvalue weighted by molar-refractivity contribution is 14.0. The molecule has 0 radical (unpaired) electrons. The van der Waals surface area contributed by atoms with E-state index in [0.29, 0.717) is 12.5 Å². The van der Waals surface area contributed by atoms with Crippen LogP contribution < -0.4 is 11.1 Å². The van der Waals surface area contributed by atoms with Crippen LogP contribution in [0.5, 0.6) is 0 Å². The van der Waals surface area contributed by atoms with Crippen LogP contribution in [0.25, 0.3) is 0 Å². The van der Waals surface area contributed by atoms with Gasteiger partial charge in [-0.25, -0.2) is 4.98 Å². The van der Waals surface area contributed by atoms with Crippen molar-refractivity contribution in [2.24, 2.45) is 10.7 Å². The monoisotopic (exact) mass is 371 g/mol. The summed E-state index contributed by atoms with van der Waals surface area (Å²) in [6.45, 7) is 1.53. The lowest BCUT2D eigenvalue weighted by Crippen LogP contribution is -2.30. The van der Waals surface area contributed by atoms with Gasteiger partial charge in [0.15, 0.2) is 5.96 Å². The number of benzene rings is 1. The minimum absolute atomic E-state index is 0. The summed E-state index contributed by atoms with van der Waals surface area (Å²) in [5.74, 6) is 0.456. The highest BCUT2D eigenvalue weighted by atomic mass is 127. The average Bonchev–Trinajstić information content (AvgIpc) is 2.90. The van der Waals surface area contributed by atoms with Gasteiger partial charge in [-0.15, -0.1) is 24.0 Å². The van der Waals surface area contributed by atoms with E-state index >= 15 is 0 Å². The molecular formula is C13H18IN5. The van der Waals surface area contributed by atoms with E-state index in [1.165, 1.54) is 11.1 Å². The second kappa shape index (κ2) is 7.78. The molecule has 0 saturated heterocycles. The van der Waals surface area contributed by atoms with Gasteiger partial charge in [0.1, 0.15) is 0 Å². The molecule has 2 rings (SSSR count). The summed E-state index contributed by atoms with van der Waals surface area (Å²) >= 11 is 0. The van der Waals surface area contributed by atoms with E-state index in [-0.39, 0.29) is 24.0 Å². The third-order valence-corrected chi connectivity index (χ3v) is 2.66. The van der Waals surface area contributed by atoms with Gasteiger partial charge in [-0.1, -0.05) is 24.3 Å². The quantitative estimate of drug-likeness (QED) is 0.487. The number of imidazole rings is 1. The van der Waals surface area contributed by atoms with Crippen LogP contribution in [0.3, 0.4) is 0 Å². The standard InChI is InChI=1S/C13H17N5.HI/c1-15-13(14)17-8-11-2-4-12(5-3-11)9-18-7-6-16-10-18;/h2-7,10H,8-9H2,1H3,(H3,14,15,17);1H. The molecule has 0 aliphatic heterocycles. The SMILES string of the molecule is CN=C(N)NCc1ccc(Cn2ccnc2)cc1.I. The number of nitrogens with one attached hydrogen (secondary N) is 1. The van der Waals surface area contributed by atoms with E-state index in [2.05, 4.69) is 39.6 Å². The van der Waals surface area contributed by atoms with Crippen LogP contribution in [0.1, 0.15) is 11.1 Å². The molecule has 102 valence electrons. The maximum atomic E-state index is 5.57. The van der Waals surface area contributed by atoms with Crippen molar-refractivity contribution in [3.05, 3.63) is 54.1 Å². The Morgan fingerprint density at radius 3 is 2.58 bits per heavy atom. The second-order valence-corrected chi connectivity index (χ2v) is 4.01.